The second-order valence-corrected chi connectivity index (χ2v) is 6.11. The van der Waals surface area contributed by atoms with E-state index in [-0.39, 0.29) is 18.3 Å². The number of benzene rings is 1. The lowest BCUT2D eigenvalue weighted by Gasteiger charge is -2.28. The number of carbonyl (C=O) groups excluding carboxylic acids is 3. The molecular formula is C19H20N2O5. The molecule has 1 aromatic carbocycles. The van der Waals surface area contributed by atoms with Gasteiger partial charge >= 0.3 is 5.97 Å². The zero-order valence-corrected chi connectivity index (χ0v) is 14.4. The van der Waals surface area contributed by atoms with E-state index in [4.69, 9.17) is 9.15 Å². The third kappa shape index (κ3) is 4.11. The first-order valence-corrected chi connectivity index (χ1v) is 8.40. The van der Waals surface area contributed by atoms with Crippen LogP contribution in [0, 0.1) is 0 Å². The highest BCUT2D eigenvalue weighted by molar-refractivity contribution is 5.94. The molecule has 1 aliphatic heterocycles. The Bertz CT molecular complexity index is 800. The lowest BCUT2D eigenvalue weighted by Crippen LogP contribution is -2.42. The quantitative estimate of drug-likeness (QED) is 0.821. The Balaban J connectivity index is 1.47. The molecule has 1 atom stereocenters. The first-order chi connectivity index (χ1) is 12.5. The predicted molar refractivity (Wildman–Crippen MR) is 92.2 cm³/mol. The van der Waals surface area contributed by atoms with Crippen LogP contribution in [0.2, 0.25) is 0 Å². The average molecular weight is 356 g/mol. The lowest BCUT2D eigenvalue weighted by molar-refractivity contribution is -0.153. The minimum atomic E-state index is -0.887. The van der Waals surface area contributed by atoms with Gasteiger partial charge in [0.15, 0.2) is 12.4 Å². The number of amides is 2. The Morgan fingerprint density at radius 2 is 1.96 bits per heavy atom. The Morgan fingerprint density at radius 3 is 2.69 bits per heavy atom. The van der Waals surface area contributed by atoms with Crippen molar-refractivity contribution in [3.63, 3.8) is 0 Å². The maximum atomic E-state index is 12.3. The zero-order valence-electron chi connectivity index (χ0n) is 14.4. The van der Waals surface area contributed by atoms with Crippen LogP contribution in [0.5, 0.6) is 0 Å². The molecule has 0 spiro atoms. The summed E-state index contributed by atoms with van der Waals surface area (Å²) in [6.07, 6.45) is 2.15. The van der Waals surface area contributed by atoms with Gasteiger partial charge in [-0.1, -0.05) is 24.3 Å². The Labute approximate surface area is 150 Å². The Hall–Kier alpha value is -3.09. The summed E-state index contributed by atoms with van der Waals surface area (Å²) in [7, 11) is 0. The smallest absolute Gasteiger partial charge is 0.328 e. The molecule has 26 heavy (non-hydrogen) atoms. The molecule has 0 aliphatic carbocycles. The van der Waals surface area contributed by atoms with Gasteiger partial charge in [0.25, 0.3) is 11.8 Å². The van der Waals surface area contributed by atoms with Gasteiger partial charge in [-0.25, -0.2) is 4.79 Å². The number of furan rings is 1. The molecule has 1 N–H and O–H groups in total. The van der Waals surface area contributed by atoms with Crippen molar-refractivity contribution >= 4 is 17.8 Å². The summed E-state index contributed by atoms with van der Waals surface area (Å²) < 4.78 is 10.0. The van der Waals surface area contributed by atoms with Crippen LogP contribution in [-0.2, 0) is 27.3 Å². The summed E-state index contributed by atoms with van der Waals surface area (Å²) in [5, 5.41) is 2.47. The van der Waals surface area contributed by atoms with Gasteiger partial charge in [0, 0.05) is 13.1 Å². The van der Waals surface area contributed by atoms with Crippen LogP contribution in [0.3, 0.4) is 0 Å². The molecular weight excluding hydrogens is 336 g/mol. The summed E-state index contributed by atoms with van der Waals surface area (Å²) >= 11 is 0. The second-order valence-electron chi connectivity index (χ2n) is 6.11. The van der Waals surface area contributed by atoms with Crippen molar-refractivity contribution in [1.82, 2.24) is 10.2 Å². The molecule has 1 aliphatic rings. The normalized spacial score (nSPS) is 14.3. The fourth-order valence-corrected chi connectivity index (χ4v) is 2.79. The summed E-state index contributed by atoms with van der Waals surface area (Å²) in [4.78, 5) is 37.8. The van der Waals surface area contributed by atoms with Gasteiger partial charge in [0.05, 0.1) is 6.26 Å². The van der Waals surface area contributed by atoms with E-state index in [0.29, 0.717) is 13.1 Å². The van der Waals surface area contributed by atoms with Crippen molar-refractivity contribution < 1.29 is 23.5 Å². The van der Waals surface area contributed by atoms with E-state index in [0.717, 1.165) is 12.0 Å². The van der Waals surface area contributed by atoms with E-state index in [2.05, 4.69) is 11.4 Å². The summed E-state index contributed by atoms with van der Waals surface area (Å²) in [6, 6.07) is 10.2. The number of hydrogen-bond donors (Lipinski definition) is 1. The number of esters is 1. The Morgan fingerprint density at radius 1 is 1.19 bits per heavy atom. The molecule has 136 valence electrons. The third-order valence-electron chi connectivity index (χ3n) is 4.27. The highest BCUT2D eigenvalue weighted by Crippen LogP contribution is 2.18. The fraction of sp³-hybridized carbons (Fsp3) is 0.316. The van der Waals surface area contributed by atoms with Crippen LogP contribution in [0.4, 0.5) is 0 Å². The van der Waals surface area contributed by atoms with Crippen molar-refractivity contribution in [2.24, 2.45) is 0 Å². The van der Waals surface area contributed by atoms with E-state index in [1.54, 1.807) is 11.0 Å². The van der Waals surface area contributed by atoms with Gasteiger partial charge in [-0.15, -0.1) is 0 Å². The first kappa shape index (κ1) is 17.7. The van der Waals surface area contributed by atoms with Crippen molar-refractivity contribution in [3.8, 4) is 0 Å². The highest BCUT2D eigenvalue weighted by Gasteiger charge is 2.24. The monoisotopic (exact) mass is 356 g/mol. The van der Waals surface area contributed by atoms with Crippen molar-refractivity contribution in [2.45, 2.75) is 25.9 Å². The van der Waals surface area contributed by atoms with Crippen molar-refractivity contribution in [3.05, 3.63) is 59.5 Å². The molecule has 2 heterocycles. The van der Waals surface area contributed by atoms with E-state index >= 15 is 0 Å². The highest BCUT2D eigenvalue weighted by atomic mass is 16.5. The minimum absolute atomic E-state index is 0.104. The molecule has 7 nitrogen and oxygen atoms in total. The minimum Gasteiger partial charge on any atom is -0.459 e. The maximum absolute atomic E-state index is 12.3. The molecule has 1 aromatic heterocycles. The predicted octanol–water partition coefficient (Wildman–Crippen LogP) is 1.53. The van der Waals surface area contributed by atoms with Gasteiger partial charge < -0.3 is 19.4 Å². The number of nitrogens with zero attached hydrogens (tertiary/aromatic N) is 1. The SMILES string of the molecule is CC(NC(=O)c1ccco1)C(=O)OCC(=O)N1CCc2ccccc2C1. The van der Waals surface area contributed by atoms with Gasteiger partial charge in [-0.2, -0.15) is 0 Å². The largest absolute Gasteiger partial charge is 0.459 e. The number of rotatable bonds is 5. The molecule has 0 saturated heterocycles. The van der Waals surface area contributed by atoms with E-state index in [1.165, 1.54) is 24.8 Å². The van der Waals surface area contributed by atoms with E-state index < -0.39 is 17.9 Å². The van der Waals surface area contributed by atoms with Crippen LogP contribution in [0.1, 0.15) is 28.6 Å². The topological polar surface area (TPSA) is 88.9 Å². The fourth-order valence-electron chi connectivity index (χ4n) is 2.79. The van der Waals surface area contributed by atoms with Crippen molar-refractivity contribution in [1.29, 1.82) is 0 Å². The molecule has 0 saturated carbocycles. The van der Waals surface area contributed by atoms with Crippen LogP contribution < -0.4 is 5.32 Å². The number of carbonyl (C=O) groups is 3. The number of nitrogens with one attached hydrogen (secondary N) is 1. The van der Waals surface area contributed by atoms with Crippen LogP contribution >= 0.6 is 0 Å². The van der Waals surface area contributed by atoms with Gasteiger partial charge in [0.1, 0.15) is 6.04 Å². The van der Waals surface area contributed by atoms with Gasteiger partial charge in [0.2, 0.25) is 0 Å². The molecule has 7 heteroatoms. The molecule has 2 aromatic rings. The standard InChI is InChI=1S/C19H20N2O5/c1-13(20-18(23)16-7-4-10-25-16)19(24)26-12-17(22)21-9-8-14-5-2-3-6-15(14)11-21/h2-7,10,13H,8-9,11-12H2,1H3,(H,20,23). The van der Waals surface area contributed by atoms with Crippen LogP contribution in [0.25, 0.3) is 0 Å². The maximum Gasteiger partial charge on any atom is 0.328 e. The van der Waals surface area contributed by atoms with Crippen molar-refractivity contribution in [2.75, 3.05) is 13.2 Å². The lowest BCUT2D eigenvalue weighted by atomic mass is 10.00. The number of ether oxygens (including phenoxy) is 1. The average Bonchev–Trinajstić information content (AvgIpc) is 3.20. The summed E-state index contributed by atoms with van der Waals surface area (Å²) in [5.74, 6) is -1.33. The first-order valence-electron chi connectivity index (χ1n) is 8.40. The van der Waals surface area contributed by atoms with Crippen LogP contribution in [0.15, 0.2) is 47.1 Å². The third-order valence-corrected chi connectivity index (χ3v) is 4.27. The van der Waals surface area contributed by atoms with Crippen LogP contribution in [-0.4, -0.2) is 41.9 Å². The Kier molecular flexibility index (Phi) is 5.36. The molecule has 0 fully saturated rings. The van der Waals surface area contributed by atoms with E-state index in [1.807, 2.05) is 18.2 Å². The number of hydrogen-bond acceptors (Lipinski definition) is 5. The molecule has 3 rings (SSSR count). The second kappa shape index (κ2) is 7.86. The zero-order chi connectivity index (χ0) is 18.5. The molecule has 2 amide bonds. The van der Waals surface area contributed by atoms with E-state index in [9.17, 15) is 14.4 Å². The summed E-state index contributed by atoms with van der Waals surface area (Å²) in [6.45, 7) is 2.25. The summed E-state index contributed by atoms with van der Waals surface area (Å²) in [5.41, 5.74) is 2.35. The molecule has 0 radical (unpaired) electrons. The molecule has 1 unspecified atom stereocenters. The van der Waals surface area contributed by atoms with Gasteiger partial charge in [-0.3, -0.25) is 9.59 Å². The molecule has 0 bridgehead atoms. The number of fused-ring (bicyclic) bond motifs is 1. The van der Waals surface area contributed by atoms with Gasteiger partial charge in [-0.05, 0) is 36.6 Å².